The number of hydrogen-bond acceptors (Lipinski definition) is 10. The van der Waals surface area contributed by atoms with E-state index in [2.05, 4.69) is 0 Å². The SMILES string of the molecule is CC1CC(C)(C)CC(c2c(Cl)c(S(C)(=O)=O)c(O)c(S(C)(=O)=O)c2Cl)(c2c(Cl)c(S(C)(=O)=O)c(O)c(S(C)(=O)=O)c2Cl)C1. The zero-order chi connectivity index (χ0) is 33.6. The van der Waals surface area contributed by atoms with Gasteiger partial charge in [-0.15, -0.1) is 0 Å². The number of rotatable bonds is 6. The van der Waals surface area contributed by atoms with E-state index in [-0.39, 0.29) is 29.9 Å². The maximum absolute atomic E-state index is 13.0. The van der Waals surface area contributed by atoms with Crippen molar-refractivity contribution in [2.75, 3.05) is 25.0 Å². The summed E-state index contributed by atoms with van der Waals surface area (Å²) in [5.74, 6) is -2.76. The van der Waals surface area contributed by atoms with Crippen molar-refractivity contribution in [2.45, 2.75) is 65.0 Å². The third-order valence-corrected chi connectivity index (χ3v) is 13.9. The van der Waals surface area contributed by atoms with Crippen LogP contribution in [-0.4, -0.2) is 68.9 Å². The predicted octanol–water partition coefficient (Wildman–Crippen LogP) is 5.46. The Labute approximate surface area is 272 Å². The molecule has 10 nitrogen and oxygen atoms in total. The molecule has 0 aliphatic heterocycles. The molecule has 1 aliphatic carbocycles. The lowest BCUT2D eigenvalue weighted by Gasteiger charge is -2.50. The first-order chi connectivity index (χ1) is 19.0. The standard InChI is InChI=1S/C25H30Cl4O10S4/c1-11-8-24(2,3)10-25(9-11,12-14(26)20(40(4,32)33)18(30)21(15(12)27)41(5,34)35)13-16(28)22(42(6,36)37)19(31)23(17(13)29)43(7,38)39/h11,30-31H,8-10H2,1-7H3. The van der Waals surface area contributed by atoms with Crippen LogP contribution in [0.2, 0.25) is 20.1 Å². The molecule has 0 bridgehead atoms. The van der Waals surface area contributed by atoms with Gasteiger partial charge in [0.05, 0.1) is 20.1 Å². The van der Waals surface area contributed by atoms with Gasteiger partial charge in [-0.1, -0.05) is 67.2 Å². The first-order valence-corrected chi connectivity index (χ1v) is 21.4. The maximum atomic E-state index is 13.0. The third-order valence-electron chi connectivity index (χ3n) is 7.35. The number of benzene rings is 2. The van der Waals surface area contributed by atoms with E-state index in [4.69, 9.17) is 46.4 Å². The van der Waals surface area contributed by atoms with Crippen LogP contribution >= 0.6 is 46.4 Å². The molecule has 0 aromatic heterocycles. The lowest BCUT2D eigenvalue weighted by molar-refractivity contribution is 0.126. The van der Waals surface area contributed by atoms with E-state index < -0.39 is 101 Å². The van der Waals surface area contributed by atoms with Gasteiger partial charge in [0.1, 0.15) is 19.6 Å². The van der Waals surface area contributed by atoms with Gasteiger partial charge < -0.3 is 10.2 Å². The molecular weight excluding hydrogens is 730 g/mol. The minimum Gasteiger partial charge on any atom is -0.505 e. The van der Waals surface area contributed by atoms with Gasteiger partial charge in [-0.25, -0.2) is 33.7 Å². The van der Waals surface area contributed by atoms with Crippen LogP contribution in [0.5, 0.6) is 11.5 Å². The predicted molar refractivity (Wildman–Crippen MR) is 166 cm³/mol. The Balaban J connectivity index is 2.92. The summed E-state index contributed by atoms with van der Waals surface area (Å²) >= 11 is 27.0. The van der Waals surface area contributed by atoms with Crippen LogP contribution in [0.3, 0.4) is 0 Å². The van der Waals surface area contributed by atoms with Gasteiger partial charge in [-0.3, -0.25) is 0 Å². The number of hydrogen-bond donors (Lipinski definition) is 2. The molecule has 1 fully saturated rings. The highest BCUT2D eigenvalue weighted by molar-refractivity contribution is 7.92. The van der Waals surface area contributed by atoms with E-state index in [1.807, 2.05) is 13.8 Å². The van der Waals surface area contributed by atoms with Crippen molar-refractivity contribution < 1.29 is 43.9 Å². The van der Waals surface area contributed by atoms with Crippen molar-refractivity contribution in [1.29, 1.82) is 0 Å². The summed E-state index contributed by atoms with van der Waals surface area (Å²) in [7, 11) is -17.9. The second-order valence-electron chi connectivity index (χ2n) is 12.0. The van der Waals surface area contributed by atoms with Crippen molar-refractivity contribution in [3.63, 3.8) is 0 Å². The van der Waals surface area contributed by atoms with Gasteiger partial charge in [-0.05, 0) is 30.6 Å². The lowest BCUT2D eigenvalue weighted by Crippen LogP contribution is -2.42. The Morgan fingerprint density at radius 1 is 0.581 bits per heavy atom. The van der Waals surface area contributed by atoms with Crippen LogP contribution < -0.4 is 0 Å². The van der Waals surface area contributed by atoms with Gasteiger partial charge in [0.25, 0.3) is 0 Å². The van der Waals surface area contributed by atoms with Crippen LogP contribution in [0.1, 0.15) is 51.2 Å². The Morgan fingerprint density at radius 3 is 1.05 bits per heavy atom. The van der Waals surface area contributed by atoms with E-state index in [1.165, 1.54) is 0 Å². The smallest absolute Gasteiger partial charge is 0.180 e. The van der Waals surface area contributed by atoms with Crippen molar-refractivity contribution >= 4 is 85.8 Å². The van der Waals surface area contributed by atoms with Crippen molar-refractivity contribution in [3.8, 4) is 11.5 Å². The van der Waals surface area contributed by atoms with Gasteiger partial charge in [0.15, 0.2) is 50.8 Å². The fraction of sp³-hybridized carbons (Fsp3) is 0.520. The van der Waals surface area contributed by atoms with Crippen LogP contribution in [0.25, 0.3) is 0 Å². The molecule has 43 heavy (non-hydrogen) atoms. The second kappa shape index (κ2) is 11.1. The summed E-state index contributed by atoms with van der Waals surface area (Å²) < 4.78 is 104. The molecule has 0 saturated heterocycles. The van der Waals surface area contributed by atoms with E-state index in [9.17, 15) is 43.9 Å². The summed E-state index contributed by atoms with van der Waals surface area (Å²) in [6.45, 7) is 5.42. The normalized spacial score (nSPS) is 19.4. The van der Waals surface area contributed by atoms with Crippen LogP contribution in [0.4, 0.5) is 0 Å². The second-order valence-corrected chi connectivity index (χ2v) is 21.4. The van der Waals surface area contributed by atoms with E-state index in [1.54, 1.807) is 6.92 Å². The summed E-state index contributed by atoms with van der Waals surface area (Å²) in [6, 6.07) is 0. The van der Waals surface area contributed by atoms with E-state index in [0.717, 1.165) is 0 Å². The number of halogens is 4. The first kappa shape index (κ1) is 36.5. The molecule has 1 saturated carbocycles. The largest absolute Gasteiger partial charge is 0.505 e. The zero-order valence-corrected chi connectivity index (χ0v) is 30.3. The van der Waals surface area contributed by atoms with Crippen LogP contribution in [0, 0.1) is 11.3 Å². The molecule has 242 valence electrons. The molecule has 1 aliphatic rings. The molecule has 0 spiro atoms. The fourth-order valence-corrected chi connectivity index (χ4v) is 13.4. The highest BCUT2D eigenvalue weighted by Gasteiger charge is 2.53. The minimum atomic E-state index is -4.47. The van der Waals surface area contributed by atoms with Gasteiger partial charge in [0.2, 0.25) is 0 Å². The number of phenolic OH excluding ortho intramolecular Hbond substituents is 2. The fourth-order valence-electron chi connectivity index (χ4n) is 6.54. The zero-order valence-electron chi connectivity index (χ0n) is 24.0. The van der Waals surface area contributed by atoms with E-state index >= 15 is 0 Å². The Morgan fingerprint density at radius 2 is 0.837 bits per heavy atom. The average molecular weight is 761 g/mol. The van der Waals surface area contributed by atoms with Crippen LogP contribution in [-0.2, 0) is 44.8 Å². The topological polar surface area (TPSA) is 177 Å². The highest BCUT2D eigenvalue weighted by Crippen LogP contribution is 2.63. The summed E-state index contributed by atoms with van der Waals surface area (Å²) in [4.78, 5) is -3.88. The third kappa shape index (κ3) is 6.36. The maximum Gasteiger partial charge on any atom is 0.180 e. The van der Waals surface area contributed by atoms with Gasteiger partial charge in [0, 0.05) is 41.6 Å². The average Bonchev–Trinajstić information content (AvgIpc) is 2.66. The molecule has 1 atom stereocenters. The quantitative estimate of drug-likeness (QED) is 0.385. The lowest BCUT2D eigenvalue weighted by atomic mass is 9.55. The Hall–Kier alpha value is -1.00. The molecule has 0 amide bonds. The van der Waals surface area contributed by atoms with Crippen molar-refractivity contribution in [3.05, 3.63) is 31.2 Å². The summed E-state index contributed by atoms with van der Waals surface area (Å²) in [5.41, 5.74) is -3.31. The Bertz CT molecular complexity index is 1750. The minimum absolute atomic E-state index is 0.0658. The van der Waals surface area contributed by atoms with E-state index in [0.29, 0.717) is 31.4 Å². The van der Waals surface area contributed by atoms with Crippen molar-refractivity contribution in [1.82, 2.24) is 0 Å². The molecule has 3 rings (SSSR count). The van der Waals surface area contributed by atoms with Crippen molar-refractivity contribution in [2.24, 2.45) is 11.3 Å². The number of sulfone groups is 4. The number of aromatic hydroxyl groups is 2. The van der Waals surface area contributed by atoms with Crippen LogP contribution in [0.15, 0.2) is 19.6 Å². The summed E-state index contributed by atoms with van der Waals surface area (Å²) in [6.07, 6.45) is 3.12. The molecule has 2 aromatic rings. The molecule has 0 radical (unpaired) electrons. The number of phenols is 2. The molecular formula is C25H30Cl4O10S4. The molecule has 2 aromatic carbocycles. The monoisotopic (exact) mass is 758 g/mol. The van der Waals surface area contributed by atoms with Gasteiger partial charge >= 0.3 is 0 Å². The Kier molecular flexibility index (Phi) is 9.38. The highest BCUT2D eigenvalue weighted by atomic mass is 35.5. The first-order valence-electron chi connectivity index (χ1n) is 12.3. The molecule has 0 heterocycles. The van der Waals surface area contributed by atoms with Gasteiger partial charge in [-0.2, -0.15) is 0 Å². The molecule has 2 N–H and O–H groups in total. The molecule has 18 heteroatoms. The molecule has 1 unspecified atom stereocenters. The summed E-state index contributed by atoms with van der Waals surface area (Å²) in [5, 5.41) is 19.1.